The van der Waals surface area contributed by atoms with Crippen molar-refractivity contribution in [2.24, 2.45) is 0 Å². The van der Waals surface area contributed by atoms with Crippen LogP contribution in [0, 0.1) is 20.8 Å². The number of carbonyl (C=O) groups is 1. The van der Waals surface area contributed by atoms with Gasteiger partial charge in [0.25, 0.3) is 5.91 Å². The zero-order valence-electron chi connectivity index (χ0n) is 13.8. The van der Waals surface area contributed by atoms with E-state index in [-0.39, 0.29) is 5.91 Å². The lowest BCUT2D eigenvalue weighted by Gasteiger charge is -2.17. The van der Waals surface area contributed by atoms with Gasteiger partial charge < -0.3 is 9.42 Å². The number of nitrogens with zero attached hydrogens (tertiary/aromatic N) is 3. The smallest absolute Gasteiger partial charge is 0.263 e. The van der Waals surface area contributed by atoms with Gasteiger partial charge in [-0.25, -0.2) is 4.98 Å². The molecule has 0 spiro atoms. The van der Waals surface area contributed by atoms with Gasteiger partial charge in [0.1, 0.15) is 11.3 Å². The summed E-state index contributed by atoms with van der Waals surface area (Å²) in [5.74, 6) is 0.530. The van der Waals surface area contributed by atoms with Crippen LogP contribution in [0.4, 0.5) is 5.69 Å². The Morgan fingerprint density at radius 1 is 1.29 bits per heavy atom. The quantitative estimate of drug-likeness (QED) is 0.710. The summed E-state index contributed by atoms with van der Waals surface area (Å²) in [5, 5.41) is 7.02. The molecule has 6 heteroatoms. The summed E-state index contributed by atoms with van der Waals surface area (Å²) in [6.07, 6.45) is 0.849. The van der Waals surface area contributed by atoms with E-state index < -0.39 is 0 Å². The molecule has 4 rings (SSSR count). The van der Waals surface area contributed by atoms with E-state index in [1.54, 1.807) is 25.2 Å². The fourth-order valence-corrected chi connectivity index (χ4v) is 3.81. The minimum Gasteiger partial charge on any atom is -0.361 e. The zero-order chi connectivity index (χ0) is 16.8. The van der Waals surface area contributed by atoms with Crippen molar-refractivity contribution < 1.29 is 9.32 Å². The SMILES string of the molecule is Cc1nc(-c2ccc3c(c2)CCN3C(=O)c2c(C)noc2C)cs1. The maximum atomic E-state index is 12.9. The molecule has 0 saturated carbocycles. The highest BCUT2D eigenvalue weighted by Crippen LogP contribution is 2.34. The van der Waals surface area contributed by atoms with Gasteiger partial charge in [-0.1, -0.05) is 11.2 Å². The van der Waals surface area contributed by atoms with E-state index in [4.69, 9.17) is 4.52 Å². The van der Waals surface area contributed by atoms with E-state index in [0.717, 1.165) is 28.4 Å². The summed E-state index contributed by atoms with van der Waals surface area (Å²) in [6, 6.07) is 6.19. The summed E-state index contributed by atoms with van der Waals surface area (Å²) in [6.45, 7) is 6.26. The second-order valence-electron chi connectivity index (χ2n) is 6.00. The van der Waals surface area contributed by atoms with Gasteiger partial charge in [-0.15, -0.1) is 11.3 Å². The molecule has 1 aromatic carbocycles. The molecule has 0 atom stereocenters. The van der Waals surface area contributed by atoms with Gasteiger partial charge in [-0.3, -0.25) is 4.79 Å². The summed E-state index contributed by atoms with van der Waals surface area (Å²) >= 11 is 1.65. The maximum Gasteiger partial charge on any atom is 0.263 e. The molecule has 0 radical (unpaired) electrons. The Morgan fingerprint density at radius 3 is 2.79 bits per heavy atom. The molecule has 0 aliphatic carbocycles. The third-order valence-electron chi connectivity index (χ3n) is 4.38. The zero-order valence-corrected chi connectivity index (χ0v) is 14.6. The van der Waals surface area contributed by atoms with Crippen LogP contribution in [0.3, 0.4) is 0 Å². The van der Waals surface area contributed by atoms with Crippen molar-refractivity contribution in [1.29, 1.82) is 0 Å². The second-order valence-corrected chi connectivity index (χ2v) is 7.06. The Labute approximate surface area is 143 Å². The largest absolute Gasteiger partial charge is 0.361 e. The van der Waals surface area contributed by atoms with Crippen LogP contribution in [0.2, 0.25) is 0 Å². The average Bonchev–Trinajstić information content (AvgIpc) is 3.25. The molecule has 1 aliphatic heterocycles. The number of anilines is 1. The van der Waals surface area contributed by atoms with Crippen LogP contribution in [0.5, 0.6) is 0 Å². The molecule has 0 N–H and O–H groups in total. The molecule has 0 unspecified atom stereocenters. The van der Waals surface area contributed by atoms with Crippen LogP contribution in [0.25, 0.3) is 11.3 Å². The summed E-state index contributed by atoms with van der Waals surface area (Å²) in [7, 11) is 0. The van der Waals surface area contributed by atoms with Crippen molar-refractivity contribution in [1.82, 2.24) is 10.1 Å². The fourth-order valence-electron chi connectivity index (χ4n) is 3.19. The summed E-state index contributed by atoms with van der Waals surface area (Å²) in [4.78, 5) is 19.2. The highest BCUT2D eigenvalue weighted by molar-refractivity contribution is 7.09. The van der Waals surface area contributed by atoms with Gasteiger partial charge in [0.2, 0.25) is 0 Å². The van der Waals surface area contributed by atoms with Crippen LogP contribution in [-0.4, -0.2) is 22.6 Å². The molecule has 0 fully saturated rings. The summed E-state index contributed by atoms with van der Waals surface area (Å²) in [5.41, 5.74) is 5.46. The first kappa shape index (κ1) is 15.1. The topological polar surface area (TPSA) is 59.2 Å². The Balaban J connectivity index is 1.69. The van der Waals surface area contributed by atoms with Crippen molar-refractivity contribution in [3.63, 3.8) is 0 Å². The molecule has 3 heterocycles. The van der Waals surface area contributed by atoms with Gasteiger partial charge >= 0.3 is 0 Å². The molecule has 122 valence electrons. The minimum absolute atomic E-state index is 0.0396. The van der Waals surface area contributed by atoms with E-state index in [2.05, 4.69) is 21.6 Å². The van der Waals surface area contributed by atoms with E-state index in [9.17, 15) is 4.79 Å². The van der Waals surface area contributed by atoms with E-state index in [1.807, 2.05) is 24.0 Å². The van der Waals surface area contributed by atoms with Crippen molar-refractivity contribution in [2.45, 2.75) is 27.2 Å². The van der Waals surface area contributed by atoms with Crippen molar-refractivity contribution in [3.8, 4) is 11.3 Å². The third-order valence-corrected chi connectivity index (χ3v) is 5.16. The molecular formula is C18H17N3O2S. The molecule has 1 amide bonds. The number of aromatic nitrogens is 2. The number of aryl methyl sites for hydroxylation is 3. The highest BCUT2D eigenvalue weighted by Gasteiger charge is 2.29. The number of hydrogen-bond acceptors (Lipinski definition) is 5. The number of fused-ring (bicyclic) bond motifs is 1. The lowest BCUT2D eigenvalue weighted by atomic mass is 10.1. The van der Waals surface area contributed by atoms with Gasteiger partial charge in [0.05, 0.1) is 16.4 Å². The molecule has 24 heavy (non-hydrogen) atoms. The van der Waals surface area contributed by atoms with Crippen LogP contribution in [0.15, 0.2) is 28.1 Å². The van der Waals surface area contributed by atoms with Gasteiger partial charge in [0, 0.05) is 23.2 Å². The van der Waals surface area contributed by atoms with Crippen molar-refractivity contribution in [2.75, 3.05) is 11.4 Å². The molecule has 0 saturated heterocycles. The monoisotopic (exact) mass is 339 g/mol. The number of amides is 1. The third kappa shape index (κ3) is 2.34. The lowest BCUT2D eigenvalue weighted by Crippen LogP contribution is -2.29. The van der Waals surface area contributed by atoms with E-state index in [0.29, 0.717) is 23.6 Å². The molecule has 5 nitrogen and oxygen atoms in total. The maximum absolute atomic E-state index is 12.9. The fraction of sp³-hybridized carbons (Fsp3) is 0.278. The first-order chi connectivity index (χ1) is 11.5. The predicted octanol–water partition coefficient (Wildman–Crippen LogP) is 3.93. The van der Waals surface area contributed by atoms with Crippen LogP contribution < -0.4 is 4.90 Å². The van der Waals surface area contributed by atoms with Crippen LogP contribution in [0.1, 0.15) is 32.4 Å². The standard InChI is InChI=1S/C18H17N3O2S/c1-10-17(11(2)23-20-10)18(22)21-7-6-14-8-13(4-5-16(14)21)15-9-24-12(3)19-15/h4-5,8-9H,6-7H2,1-3H3. The molecule has 2 aromatic heterocycles. The Morgan fingerprint density at radius 2 is 2.12 bits per heavy atom. The van der Waals surface area contributed by atoms with Crippen LogP contribution in [-0.2, 0) is 6.42 Å². The molecule has 1 aliphatic rings. The number of carbonyl (C=O) groups excluding carboxylic acids is 1. The normalized spacial score (nSPS) is 13.4. The van der Waals surface area contributed by atoms with Crippen molar-refractivity contribution in [3.05, 3.63) is 51.2 Å². The van der Waals surface area contributed by atoms with Gasteiger partial charge in [-0.2, -0.15) is 0 Å². The van der Waals surface area contributed by atoms with Gasteiger partial charge in [-0.05, 0) is 44.9 Å². The molecule has 3 aromatic rings. The van der Waals surface area contributed by atoms with E-state index >= 15 is 0 Å². The minimum atomic E-state index is -0.0396. The lowest BCUT2D eigenvalue weighted by molar-refractivity contribution is 0.0987. The van der Waals surface area contributed by atoms with Crippen molar-refractivity contribution >= 4 is 22.9 Å². The number of thiazole rings is 1. The first-order valence-corrected chi connectivity index (χ1v) is 8.72. The number of rotatable bonds is 2. The Bertz CT molecular complexity index is 922. The Hall–Kier alpha value is -2.47. The summed E-state index contributed by atoms with van der Waals surface area (Å²) < 4.78 is 5.14. The molecule has 0 bridgehead atoms. The first-order valence-electron chi connectivity index (χ1n) is 7.85. The number of hydrogen-bond donors (Lipinski definition) is 0. The second kappa shape index (κ2) is 5.56. The van der Waals surface area contributed by atoms with E-state index in [1.165, 1.54) is 5.56 Å². The number of benzene rings is 1. The predicted molar refractivity (Wildman–Crippen MR) is 93.6 cm³/mol. The van der Waals surface area contributed by atoms with Gasteiger partial charge in [0.15, 0.2) is 0 Å². The van der Waals surface area contributed by atoms with Crippen LogP contribution >= 0.6 is 11.3 Å². The Kier molecular flexibility index (Phi) is 3.49. The molecular weight excluding hydrogens is 322 g/mol. The average molecular weight is 339 g/mol. The highest BCUT2D eigenvalue weighted by atomic mass is 32.1.